The summed E-state index contributed by atoms with van der Waals surface area (Å²) in [5, 5.41) is 14.6. The molecule has 0 saturated carbocycles. The molecule has 1 aromatic heterocycles. The van der Waals surface area contributed by atoms with Crippen molar-refractivity contribution in [2.45, 2.75) is 47.1 Å². The number of nitrogens with one attached hydrogen (secondary N) is 2. The molecule has 1 rings (SSSR count). The van der Waals surface area contributed by atoms with Crippen molar-refractivity contribution in [2.75, 3.05) is 13.2 Å². The fourth-order valence-corrected chi connectivity index (χ4v) is 1.68. The lowest BCUT2D eigenvalue weighted by molar-refractivity contribution is 0.148. The number of aromatic nitrogens is 1. The third kappa shape index (κ3) is 5.61. The van der Waals surface area contributed by atoms with Crippen LogP contribution in [0.25, 0.3) is 0 Å². The van der Waals surface area contributed by atoms with Gasteiger partial charge in [-0.05, 0) is 32.1 Å². The molecule has 0 fully saturated rings. The van der Waals surface area contributed by atoms with Gasteiger partial charge < -0.3 is 20.2 Å². The van der Waals surface area contributed by atoms with E-state index in [1.54, 1.807) is 0 Å². The summed E-state index contributed by atoms with van der Waals surface area (Å²) in [4.78, 5) is 15.7. The van der Waals surface area contributed by atoms with E-state index in [9.17, 15) is 4.79 Å². The van der Waals surface area contributed by atoms with Crippen LogP contribution in [0.4, 0.5) is 4.79 Å². The minimum Gasteiger partial charge on any atom is -0.444 e. The number of hydrogen-bond acceptors (Lipinski definition) is 4. The number of urea groups is 1. The van der Waals surface area contributed by atoms with Crippen molar-refractivity contribution in [1.29, 1.82) is 0 Å². The summed E-state index contributed by atoms with van der Waals surface area (Å²) in [6, 6.07) is -0.236. The van der Waals surface area contributed by atoms with E-state index in [2.05, 4.69) is 15.6 Å². The van der Waals surface area contributed by atoms with Crippen molar-refractivity contribution in [2.24, 2.45) is 5.41 Å². The molecule has 6 heteroatoms. The zero-order chi connectivity index (χ0) is 15.2. The van der Waals surface area contributed by atoms with Gasteiger partial charge in [-0.2, -0.15) is 0 Å². The number of aryl methyl sites for hydroxylation is 2. The lowest BCUT2D eigenvalue weighted by atomic mass is 9.89. The van der Waals surface area contributed by atoms with E-state index in [1.807, 2.05) is 27.7 Å². The van der Waals surface area contributed by atoms with Crippen LogP contribution >= 0.6 is 0 Å². The molecule has 2 amide bonds. The Morgan fingerprint density at radius 3 is 2.60 bits per heavy atom. The first kappa shape index (κ1) is 16.5. The van der Waals surface area contributed by atoms with E-state index >= 15 is 0 Å². The molecule has 0 unspecified atom stereocenters. The number of oxazole rings is 1. The number of carbonyl (C=O) groups is 1. The number of nitrogens with zero attached hydrogens (tertiary/aromatic N) is 1. The molecule has 6 nitrogen and oxygen atoms in total. The quantitative estimate of drug-likeness (QED) is 0.667. The molecule has 1 heterocycles. The lowest BCUT2D eigenvalue weighted by Gasteiger charge is -2.21. The Morgan fingerprint density at radius 1 is 1.35 bits per heavy atom. The van der Waals surface area contributed by atoms with Gasteiger partial charge in [0.1, 0.15) is 5.76 Å². The maximum atomic E-state index is 11.6. The first-order chi connectivity index (χ1) is 9.34. The first-order valence-electron chi connectivity index (χ1n) is 6.89. The van der Waals surface area contributed by atoms with E-state index in [1.165, 1.54) is 0 Å². The number of hydrogen-bond donors (Lipinski definition) is 3. The normalized spacial score (nSPS) is 11.4. The van der Waals surface area contributed by atoms with Gasteiger partial charge in [-0.1, -0.05) is 13.8 Å². The smallest absolute Gasteiger partial charge is 0.315 e. The van der Waals surface area contributed by atoms with Gasteiger partial charge in [-0.25, -0.2) is 9.78 Å². The van der Waals surface area contributed by atoms with E-state index in [-0.39, 0.29) is 24.6 Å². The van der Waals surface area contributed by atoms with Crippen molar-refractivity contribution in [3.05, 3.63) is 17.3 Å². The van der Waals surface area contributed by atoms with Crippen LogP contribution in [-0.2, 0) is 6.54 Å². The number of aliphatic hydroxyl groups excluding tert-OH is 1. The van der Waals surface area contributed by atoms with Crippen LogP contribution in [0.15, 0.2) is 4.42 Å². The van der Waals surface area contributed by atoms with Gasteiger partial charge in [0, 0.05) is 13.2 Å². The Bertz CT molecular complexity index is 421. The second-order valence-corrected chi connectivity index (χ2v) is 5.78. The Hall–Kier alpha value is -1.56. The van der Waals surface area contributed by atoms with Gasteiger partial charge in [0.15, 0.2) is 0 Å². The summed E-state index contributed by atoms with van der Waals surface area (Å²) in [5.41, 5.74) is 0.749. The SMILES string of the molecule is Cc1nc(CNC(=O)NCCCC(C)(C)CO)oc1C. The molecule has 114 valence electrons. The summed E-state index contributed by atoms with van der Waals surface area (Å²) in [7, 11) is 0. The molecule has 0 atom stereocenters. The molecule has 0 bridgehead atoms. The van der Waals surface area contributed by atoms with E-state index in [0.29, 0.717) is 12.4 Å². The van der Waals surface area contributed by atoms with Gasteiger partial charge in [-0.3, -0.25) is 0 Å². The summed E-state index contributed by atoms with van der Waals surface area (Å²) >= 11 is 0. The predicted molar refractivity (Wildman–Crippen MR) is 76.3 cm³/mol. The summed E-state index contributed by atoms with van der Waals surface area (Å²) in [5.74, 6) is 1.28. The number of amides is 2. The fourth-order valence-electron chi connectivity index (χ4n) is 1.68. The Kier molecular flexibility index (Phi) is 6.01. The second-order valence-electron chi connectivity index (χ2n) is 5.78. The lowest BCUT2D eigenvalue weighted by Crippen LogP contribution is -2.36. The topological polar surface area (TPSA) is 87.4 Å². The third-order valence-electron chi connectivity index (χ3n) is 3.22. The maximum absolute atomic E-state index is 11.6. The highest BCUT2D eigenvalue weighted by Crippen LogP contribution is 2.20. The Labute approximate surface area is 120 Å². The highest BCUT2D eigenvalue weighted by molar-refractivity contribution is 5.73. The summed E-state index contributed by atoms with van der Waals surface area (Å²) < 4.78 is 5.37. The molecule has 20 heavy (non-hydrogen) atoms. The van der Waals surface area contributed by atoms with Gasteiger partial charge in [0.2, 0.25) is 5.89 Å². The molecule has 0 aliphatic carbocycles. The molecule has 3 N–H and O–H groups in total. The van der Waals surface area contributed by atoms with Crippen LogP contribution in [0.3, 0.4) is 0 Å². The van der Waals surface area contributed by atoms with E-state index in [0.717, 1.165) is 24.3 Å². The average Bonchev–Trinajstić information content (AvgIpc) is 2.72. The monoisotopic (exact) mass is 283 g/mol. The number of aliphatic hydroxyl groups is 1. The van der Waals surface area contributed by atoms with Crippen molar-refractivity contribution in [3.8, 4) is 0 Å². The highest BCUT2D eigenvalue weighted by Gasteiger charge is 2.15. The first-order valence-corrected chi connectivity index (χ1v) is 6.89. The second kappa shape index (κ2) is 7.28. The average molecular weight is 283 g/mol. The number of carbonyl (C=O) groups excluding carboxylic acids is 1. The standard InChI is InChI=1S/C14H25N3O3/c1-10-11(2)20-12(17-10)8-16-13(19)15-7-5-6-14(3,4)9-18/h18H,5-9H2,1-4H3,(H2,15,16,19). The molecular formula is C14H25N3O3. The van der Waals surface area contributed by atoms with Crippen LogP contribution in [-0.4, -0.2) is 29.3 Å². The van der Waals surface area contributed by atoms with Crippen LogP contribution < -0.4 is 10.6 Å². The van der Waals surface area contributed by atoms with Crippen molar-refractivity contribution < 1.29 is 14.3 Å². The molecule has 1 aromatic rings. The molecule has 0 aliphatic heterocycles. The maximum Gasteiger partial charge on any atom is 0.315 e. The Balaban J connectivity index is 2.18. The highest BCUT2D eigenvalue weighted by atomic mass is 16.4. The van der Waals surface area contributed by atoms with Crippen molar-refractivity contribution in [1.82, 2.24) is 15.6 Å². The zero-order valence-corrected chi connectivity index (χ0v) is 12.7. The Morgan fingerprint density at radius 2 is 2.05 bits per heavy atom. The zero-order valence-electron chi connectivity index (χ0n) is 12.7. The van der Waals surface area contributed by atoms with Gasteiger partial charge >= 0.3 is 6.03 Å². The van der Waals surface area contributed by atoms with Crippen LogP contribution in [0.5, 0.6) is 0 Å². The van der Waals surface area contributed by atoms with Gasteiger partial charge in [0.25, 0.3) is 0 Å². The van der Waals surface area contributed by atoms with E-state index < -0.39 is 0 Å². The largest absolute Gasteiger partial charge is 0.444 e. The molecular weight excluding hydrogens is 258 g/mol. The summed E-state index contributed by atoms with van der Waals surface area (Å²) in [6.45, 7) is 8.73. The summed E-state index contributed by atoms with van der Waals surface area (Å²) in [6.07, 6.45) is 1.69. The molecule has 0 aliphatic rings. The fraction of sp³-hybridized carbons (Fsp3) is 0.714. The van der Waals surface area contributed by atoms with Crippen LogP contribution in [0.1, 0.15) is 44.0 Å². The van der Waals surface area contributed by atoms with E-state index in [4.69, 9.17) is 9.52 Å². The minimum atomic E-state index is -0.236. The molecule has 0 saturated heterocycles. The van der Waals surface area contributed by atoms with Crippen LogP contribution in [0.2, 0.25) is 0 Å². The van der Waals surface area contributed by atoms with Crippen LogP contribution in [0, 0.1) is 19.3 Å². The molecule has 0 spiro atoms. The van der Waals surface area contributed by atoms with Crippen molar-refractivity contribution >= 4 is 6.03 Å². The molecule has 0 aromatic carbocycles. The number of rotatable bonds is 7. The third-order valence-corrected chi connectivity index (χ3v) is 3.22. The van der Waals surface area contributed by atoms with Crippen molar-refractivity contribution in [3.63, 3.8) is 0 Å². The molecule has 0 radical (unpaired) electrons. The predicted octanol–water partition coefficient (Wildman–Crippen LogP) is 1.89. The van der Waals surface area contributed by atoms with Gasteiger partial charge in [0.05, 0.1) is 12.2 Å². The minimum absolute atomic E-state index is 0.0920. The van der Waals surface area contributed by atoms with Gasteiger partial charge in [-0.15, -0.1) is 0 Å².